The molecule has 0 radical (unpaired) electrons. The smallest absolute Gasteiger partial charge is 0.164 e. The molecule has 1 heterocycles. The molecule has 0 N–H and O–H groups in total. The van der Waals surface area contributed by atoms with Crippen molar-refractivity contribution in [2.24, 2.45) is 0 Å². The summed E-state index contributed by atoms with van der Waals surface area (Å²) in [5.74, 6) is 0.879. The van der Waals surface area contributed by atoms with Crippen LogP contribution in [0.2, 0.25) is 0 Å². The van der Waals surface area contributed by atoms with Gasteiger partial charge < -0.3 is 4.90 Å². The first-order chi connectivity index (χ1) is 11.1. The number of hydrogen-bond donors (Lipinski definition) is 0. The lowest BCUT2D eigenvalue weighted by Gasteiger charge is -2.16. The maximum Gasteiger partial charge on any atom is 0.164 e. The summed E-state index contributed by atoms with van der Waals surface area (Å²) in [5.41, 5.74) is 4.72. The van der Waals surface area contributed by atoms with Gasteiger partial charge in [-0.3, -0.25) is 4.79 Å². The Morgan fingerprint density at radius 2 is 1.87 bits per heavy atom. The van der Waals surface area contributed by atoms with E-state index >= 15 is 0 Å². The largest absolute Gasteiger partial charge is 0.302 e. The van der Waals surface area contributed by atoms with E-state index < -0.39 is 0 Å². The summed E-state index contributed by atoms with van der Waals surface area (Å²) in [6, 6.07) is 16.8. The van der Waals surface area contributed by atoms with E-state index in [0.29, 0.717) is 12.3 Å². The number of benzene rings is 2. The molecule has 2 nitrogen and oxygen atoms in total. The van der Waals surface area contributed by atoms with Crippen molar-refractivity contribution in [1.82, 2.24) is 4.90 Å². The van der Waals surface area contributed by atoms with Crippen molar-refractivity contribution in [3.63, 3.8) is 0 Å². The summed E-state index contributed by atoms with van der Waals surface area (Å²) >= 11 is 0. The Morgan fingerprint density at radius 1 is 1.09 bits per heavy atom. The number of Topliss-reactive ketones (excluding diaryl/α,β-unsaturated/α-hetero) is 1. The van der Waals surface area contributed by atoms with Crippen molar-refractivity contribution >= 4 is 5.78 Å². The maximum absolute atomic E-state index is 12.4. The van der Waals surface area contributed by atoms with E-state index in [-0.39, 0.29) is 5.78 Å². The Bertz CT molecular complexity index is 677. The van der Waals surface area contributed by atoms with Crippen LogP contribution >= 0.6 is 0 Å². The summed E-state index contributed by atoms with van der Waals surface area (Å²) < 4.78 is 0. The predicted molar refractivity (Wildman–Crippen MR) is 95.1 cm³/mol. The maximum atomic E-state index is 12.4. The van der Waals surface area contributed by atoms with Gasteiger partial charge in [0.1, 0.15) is 0 Å². The van der Waals surface area contributed by atoms with Crippen molar-refractivity contribution < 1.29 is 4.79 Å². The monoisotopic (exact) mass is 307 g/mol. The lowest BCUT2D eigenvalue weighted by atomic mass is 9.99. The van der Waals surface area contributed by atoms with Gasteiger partial charge in [-0.2, -0.15) is 0 Å². The number of rotatable bonds is 5. The van der Waals surface area contributed by atoms with Crippen LogP contribution in [-0.2, 0) is 0 Å². The fourth-order valence-corrected chi connectivity index (χ4v) is 3.35. The first-order valence-corrected chi connectivity index (χ1v) is 8.51. The molecule has 0 saturated carbocycles. The number of ketones is 1. The fourth-order valence-electron chi connectivity index (χ4n) is 3.35. The number of carbonyl (C=O) groups excluding carboxylic acids is 1. The van der Waals surface area contributed by atoms with Gasteiger partial charge in [0.05, 0.1) is 0 Å². The summed E-state index contributed by atoms with van der Waals surface area (Å²) in [5, 5.41) is 0. The Hall–Kier alpha value is -1.93. The minimum atomic E-state index is 0.260. The minimum Gasteiger partial charge on any atom is -0.302 e. The molecule has 1 aliphatic rings. The molecular formula is C21H25NO. The highest BCUT2D eigenvalue weighted by Gasteiger charge is 2.23. The van der Waals surface area contributed by atoms with Gasteiger partial charge in [-0.15, -0.1) is 0 Å². The average Bonchev–Trinajstić information content (AvgIpc) is 3.05. The van der Waals surface area contributed by atoms with Crippen molar-refractivity contribution in [3.8, 4) is 0 Å². The van der Waals surface area contributed by atoms with Crippen LogP contribution in [0, 0.1) is 13.8 Å². The second-order valence-corrected chi connectivity index (χ2v) is 6.67. The molecule has 120 valence electrons. The molecule has 1 atom stereocenters. The minimum absolute atomic E-state index is 0.260. The molecule has 0 spiro atoms. The van der Waals surface area contributed by atoms with E-state index in [1.165, 1.54) is 23.1 Å². The van der Waals surface area contributed by atoms with Crippen LogP contribution in [0.4, 0.5) is 0 Å². The molecule has 2 aromatic carbocycles. The summed E-state index contributed by atoms with van der Waals surface area (Å²) in [6.07, 6.45) is 1.81. The summed E-state index contributed by atoms with van der Waals surface area (Å²) in [6.45, 7) is 7.19. The molecule has 0 aliphatic carbocycles. The molecule has 0 amide bonds. The first-order valence-electron chi connectivity index (χ1n) is 8.51. The molecular weight excluding hydrogens is 282 g/mol. The third-order valence-electron chi connectivity index (χ3n) is 5.03. The highest BCUT2D eigenvalue weighted by molar-refractivity contribution is 5.96. The predicted octanol–water partition coefficient (Wildman–Crippen LogP) is 4.37. The third-order valence-corrected chi connectivity index (χ3v) is 5.03. The van der Waals surface area contributed by atoms with Crippen LogP contribution in [0.5, 0.6) is 0 Å². The molecule has 1 fully saturated rings. The zero-order valence-electron chi connectivity index (χ0n) is 14.1. The first kappa shape index (κ1) is 15.9. The van der Waals surface area contributed by atoms with E-state index in [1.54, 1.807) is 0 Å². The quantitative estimate of drug-likeness (QED) is 0.765. The topological polar surface area (TPSA) is 20.3 Å². The Balaban J connectivity index is 1.53. The van der Waals surface area contributed by atoms with Crippen LogP contribution in [0.1, 0.15) is 45.8 Å². The fraction of sp³-hybridized carbons (Fsp3) is 0.381. The van der Waals surface area contributed by atoms with Crippen LogP contribution in [0.3, 0.4) is 0 Å². The normalized spacial score (nSPS) is 18.3. The molecule has 23 heavy (non-hydrogen) atoms. The van der Waals surface area contributed by atoms with Gasteiger partial charge in [-0.05, 0) is 55.5 Å². The molecule has 1 saturated heterocycles. The zero-order valence-corrected chi connectivity index (χ0v) is 14.1. The molecule has 0 bridgehead atoms. The molecule has 2 aromatic rings. The van der Waals surface area contributed by atoms with E-state index in [9.17, 15) is 4.79 Å². The lowest BCUT2D eigenvalue weighted by Crippen LogP contribution is -2.23. The zero-order chi connectivity index (χ0) is 16.2. The SMILES string of the molecule is Cc1ccc(C(=O)CCN2CCC(c3ccccc3)C2)cc1C. The second-order valence-electron chi connectivity index (χ2n) is 6.67. The van der Waals surface area contributed by atoms with E-state index in [0.717, 1.165) is 25.2 Å². The van der Waals surface area contributed by atoms with Crippen molar-refractivity contribution in [2.45, 2.75) is 32.6 Å². The molecule has 2 heteroatoms. The number of nitrogens with zero attached hydrogens (tertiary/aromatic N) is 1. The van der Waals surface area contributed by atoms with Gasteiger partial charge in [0.2, 0.25) is 0 Å². The van der Waals surface area contributed by atoms with E-state index in [2.05, 4.69) is 49.1 Å². The standard InChI is InChI=1S/C21H25NO/c1-16-8-9-19(14-17(16)2)21(23)11-13-22-12-10-20(15-22)18-6-4-3-5-7-18/h3-9,14,20H,10-13,15H2,1-2H3. The van der Waals surface area contributed by atoms with E-state index in [1.807, 2.05) is 18.2 Å². The van der Waals surface area contributed by atoms with E-state index in [4.69, 9.17) is 0 Å². The van der Waals surface area contributed by atoms with Crippen LogP contribution in [0.25, 0.3) is 0 Å². The highest BCUT2D eigenvalue weighted by atomic mass is 16.1. The summed E-state index contributed by atoms with van der Waals surface area (Å²) in [4.78, 5) is 14.8. The second kappa shape index (κ2) is 7.10. The van der Waals surface area contributed by atoms with Gasteiger partial charge in [-0.25, -0.2) is 0 Å². The molecule has 0 aromatic heterocycles. The van der Waals surface area contributed by atoms with Gasteiger partial charge in [0, 0.05) is 25.1 Å². The Kier molecular flexibility index (Phi) is 4.92. The van der Waals surface area contributed by atoms with Gasteiger partial charge >= 0.3 is 0 Å². The number of carbonyl (C=O) groups is 1. The average molecular weight is 307 g/mol. The Labute approximate surface area is 139 Å². The number of aryl methyl sites for hydroxylation is 2. The third kappa shape index (κ3) is 3.89. The highest BCUT2D eigenvalue weighted by Crippen LogP contribution is 2.27. The lowest BCUT2D eigenvalue weighted by molar-refractivity contribution is 0.0968. The molecule has 1 unspecified atom stereocenters. The van der Waals surface area contributed by atoms with Crippen molar-refractivity contribution in [1.29, 1.82) is 0 Å². The van der Waals surface area contributed by atoms with Crippen LogP contribution in [-0.4, -0.2) is 30.3 Å². The van der Waals surface area contributed by atoms with Gasteiger partial charge in [0.25, 0.3) is 0 Å². The number of likely N-dealkylation sites (tertiary alicyclic amines) is 1. The molecule has 1 aliphatic heterocycles. The Morgan fingerprint density at radius 3 is 2.61 bits per heavy atom. The van der Waals surface area contributed by atoms with Crippen LogP contribution in [0.15, 0.2) is 48.5 Å². The van der Waals surface area contributed by atoms with Crippen molar-refractivity contribution in [3.05, 3.63) is 70.8 Å². The van der Waals surface area contributed by atoms with Crippen LogP contribution < -0.4 is 0 Å². The molecule has 3 rings (SSSR count). The van der Waals surface area contributed by atoms with Gasteiger partial charge in [-0.1, -0.05) is 42.5 Å². The number of hydrogen-bond acceptors (Lipinski definition) is 2. The van der Waals surface area contributed by atoms with Gasteiger partial charge in [0.15, 0.2) is 5.78 Å². The van der Waals surface area contributed by atoms with Crippen molar-refractivity contribution in [2.75, 3.05) is 19.6 Å². The summed E-state index contributed by atoms with van der Waals surface area (Å²) in [7, 11) is 0.